The van der Waals surface area contributed by atoms with Crippen molar-refractivity contribution in [2.24, 2.45) is 0 Å². The van der Waals surface area contributed by atoms with Crippen molar-refractivity contribution in [3.05, 3.63) is 96.1 Å². The molecule has 0 amide bonds. The van der Waals surface area contributed by atoms with Crippen molar-refractivity contribution in [3.8, 4) is 44.5 Å². The van der Waals surface area contributed by atoms with Crippen LogP contribution in [0.4, 0.5) is 13.2 Å². The third kappa shape index (κ3) is 2.85. The maximum Gasteiger partial charge on any atom is 0.416 e. The Balaban J connectivity index is 1.96. The van der Waals surface area contributed by atoms with Crippen LogP contribution in [0.1, 0.15) is 11.1 Å². The molecule has 0 radical (unpaired) electrons. The first kappa shape index (κ1) is 17.7. The van der Waals surface area contributed by atoms with Crippen LogP contribution in [0, 0.1) is 6.92 Å². The van der Waals surface area contributed by atoms with Gasteiger partial charge in [-0.1, -0.05) is 78.4 Å². The largest absolute Gasteiger partial charge is 0.416 e. The van der Waals surface area contributed by atoms with Crippen LogP contribution in [0.5, 0.6) is 0 Å². The summed E-state index contributed by atoms with van der Waals surface area (Å²) in [5.41, 5.74) is 7.75. The zero-order chi connectivity index (χ0) is 20.2. The molecule has 0 nitrogen and oxygen atoms in total. The van der Waals surface area contributed by atoms with Gasteiger partial charge in [0.2, 0.25) is 0 Å². The van der Waals surface area contributed by atoms with Crippen molar-refractivity contribution in [3.63, 3.8) is 0 Å². The maximum absolute atomic E-state index is 13.5. The van der Waals surface area contributed by atoms with Gasteiger partial charge in [-0.3, -0.25) is 0 Å². The molecule has 3 heteroatoms. The molecular formula is C26H17F3. The summed E-state index contributed by atoms with van der Waals surface area (Å²) >= 11 is 0. The Kier molecular flexibility index (Phi) is 3.88. The number of hydrogen-bond acceptors (Lipinski definition) is 0. The summed E-state index contributed by atoms with van der Waals surface area (Å²) in [6.07, 6.45) is -4.39. The van der Waals surface area contributed by atoms with E-state index in [9.17, 15) is 13.2 Å². The molecule has 0 heterocycles. The molecule has 0 aromatic heterocycles. The van der Waals surface area contributed by atoms with E-state index in [-0.39, 0.29) is 0 Å². The summed E-state index contributed by atoms with van der Waals surface area (Å²) in [6, 6.07) is 26.0. The van der Waals surface area contributed by atoms with Gasteiger partial charge in [-0.2, -0.15) is 13.2 Å². The molecule has 4 aromatic rings. The smallest absolute Gasteiger partial charge is 0.166 e. The summed E-state index contributed by atoms with van der Waals surface area (Å²) < 4.78 is 40.5. The summed E-state index contributed by atoms with van der Waals surface area (Å²) in [6.45, 7) is 2.03. The van der Waals surface area contributed by atoms with Crippen LogP contribution >= 0.6 is 0 Å². The second kappa shape index (κ2) is 6.35. The van der Waals surface area contributed by atoms with Crippen molar-refractivity contribution >= 4 is 0 Å². The Bertz CT molecular complexity index is 1250. The van der Waals surface area contributed by atoms with Gasteiger partial charge in [-0.25, -0.2) is 0 Å². The Labute approximate surface area is 167 Å². The normalized spacial score (nSPS) is 12.1. The molecule has 0 atom stereocenters. The standard InChI is InChI=1S/C26H17F3/c1-16-10-12-22-23-13-11-17(26(27,28)29)15-25(23)21-9-5-3-7-19(21)18-6-2-4-8-20(18)24(22)14-16/h2-15H,1H3. The Morgan fingerprint density at radius 1 is 0.483 bits per heavy atom. The minimum absolute atomic E-state index is 0.607. The van der Waals surface area contributed by atoms with E-state index in [0.29, 0.717) is 5.56 Å². The van der Waals surface area contributed by atoms with Crippen molar-refractivity contribution in [1.82, 2.24) is 0 Å². The van der Waals surface area contributed by atoms with E-state index in [4.69, 9.17) is 0 Å². The van der Waals surface area contributed by atoms with Crippen LogP contribution < -0.4 is 0 Å². The van der Waals surface area contributed by atoms with Crippen molar-refractivity contribution < 1.29 is 13.2 Å². The number of hydrogen-bond donors (Lipinski definition) is 0. The molecule has 0 spiro atoms. The SMILES string of the molecule is Cc1ccc2c(c1)-c1ccccc1-c1ccccc1-c1cc(C(F)(F)F)ccc1-2. The number of aryl methyl sites for hydroxylation is 1. The lowest BCUT2D eigenvalue weighted by Gasteiger charge is -2.24. The topological polar surface area (TPSA) is 0 Å². The van der Waals surface area contributed by atoms with E-state index in [1.54, 1.807) is 6.07 Å². The molecule has 0 saturated heterocycles. The molecule has 0 unspecified atom stereocenters. The highest BCUT2D eigenvalue weighted by Gasteiger charge is 2.32. The van der Waals surface area contributed by atoms with Gasteiger partial charge in [0.15, 0.2) is 0 Å². The van der Waals surface area contributed by atoms with Gasteiger partial charge >= 0.3 is 6.18 Å². The molecule has 1 aliphatic rings. The Morgan fingerprint density at radius 3 is 1.41 bits per heavy atom. The second-order valence-corrected chi connectivity index (χ2v) is 7.40. The highest BCUT2D eigenvalue weighted by Crippen LogP contribution is 2.48. The fourth-order valence-corrected chi connectivity index (χ4v) is 4.20. The first-order valence-corrected chi connectivity index (χ1v) is 9.45. The zero-order valence-corrected chi connectivity index (χ0v) is 15.7. The van der Waals surface area contributed by atoms with Crippen LogP contribution in [-0.2, 0) is 6.18 Å². The Hall–Kier alpha value is -3.33. The van der Waals surface area contributed by atoms with Crippen LogP contribution in [-0.4, -0.2) is 0 Å². The molecule has 142 valence electrons. The number of benzene rings is 4. The van der Waals surface area contributed by atoms with Crippen molar-refractivity contribution in [2.75, 3.05) is 0 Å². The van der Waals surface area contributed by atoms with Gasteiger partial charge in [0.25, 0.3) is 0 Å². The van der Waals surface area contributed by atoms with E-state index >= 15 is 0 Å². The van der Waals surface area contributed by atoms with Gasteiger partial charge in [-0.15, -0.1) is 0 Å². The van der Waals surface area contributed by atoms with Crippen LogP contribution in [0.25, 0.3) is 44.5 Å². The van der Waals surface area contributed by atoms with Crippen LogP contribution in [0.15, 0.2) is 84.9 Å². The molecule has 0 bridgehead atoms. The van der Waals surface area contributed by atoms with Crippen LogP contribution in [0.2, 0.25) is 0 Å². The van der Waals surface area contributed by atoms with E-state index in [1.807, 2.05) is 61.5 Å². The zero-order valence-electron chi connectivity index (χ0n) is 15.7. The number of fused-ring (bicyclic) bond motifs is 8. The highest BCUT2D eigenvalue weighted by atomic mass is 19.4. The number of halogens is 3. The lowest BCUT2D eigenvalue weighted by Crippen LogP contribution is -2.06. The van der Waals surface area contributed by atoms with Crippen molar-refractivity contribution in [2.45, 2.75) is 13.1 Å². The van der Waals surface area contributed by atoms with E-state index in [0.717, 1.165) is 44.5 Å². The predicted octanol–water partition coefficient (Wildman–Crippen LogP) is 8.00. The predicted molar refractivity (Wildman–Crippen MR) is 111 cm³/mol. The summed E-state index contributed by atoms with van der Waals surface area (Å²) in [5, 5.41) is 0. The first-order valence-electron chi connectivity index (χ1n) is 9.45. The molecule has 1 aliphatic carbocycles. The van der Waals surface area contributed by atoms with Gasteiger partial charge < -0.3 is 0 Å². The van der Waals surface area contributed by atoms with Gasteiger partial charge in [-0.05, 0) is 63.6 Å². The molecule has 4 aromatic carbocycles. The van der Waals surface area contributed by atoms with E-state index < -0.39 is 11.7 Å². The fraction of sp³-hybridized carbons (Fsp3) is 0.0769. The third-order valence-corrected chi connectivity index (χ3v) is 5.54. The molecule has 29 heavy (non-hydrogen) atoms. The second-order valence-electron chi connectivity index (χ2n) is 7.40. The number of alkyl halides is 3. The minimum atomic E-state index is -4.39. The van der Waals surface area contributed by atoms with Crippen LogP contribution in [0.3, 0.4) is 0 Å². The monoisotopic (exact) mass is 386 g/mol. The van der Waals surface area contributed by atoms with E-state index in [2.05, 4.69) is 12.1 Å². The molecule has 5 rings (SSSR count). The van der Waals surface area contributed by atoms with Gasteiger partial charge in [0.1, 0.15) is 0 Å². The summed E-state index contributed by atoms with van der Waals surface area (Å²) in [4.78, 5) is 0. The van der Waals surface area contributed by atoms with Gasteiger partial charge in [0.05, 0.1) is 5.56 Å². The maximum atomic E-state index is 13.5. The van der Waals surface area contributed by atoms with Gasteiger partial charge in [0, 0.05) is 0 Å². The number of rotatable bonds is 0. The first-order chi connectivity index (χ1) is 13.9. The average Bonchev–Trinajstić information content (AvgIpc) is 2.72. The Morgan fingerprint density at radius 2 is 0.897 bits per heavy atom. The quantitative estimate of drug-likeness (QED) is 0.253. The summed E-state index contributed by atoms with van der Waals surface area (Å²) in [5.74, 6) is 0. The molecule has 0 N–H and O–H groups in total. The summed E-state index contributed by atoms with van der Waals surface area (Å²) in [7, 11) is 0. The minimum Gasteiger partial charge on any atom is -0.166 e. The lowest BCUT2D eigenvalue weighted by atomic mass is 9.80. The lowest BCUT2D eigenvalue weighted by molar-refractivity contribution is -0.137. The molecule has 0 fully saturated rings. The van der Waals surface area contributed by atoms with E-state index in [1.165, 1.54) is 12.1 Å². The third-order valence-electron chi connectivity index (χ3n) is 5.54. The molecular weight excluding hydrogens is 369 g/mol. The highest BCUT2D eigenvalue weighted by molar-refractivity contribution is 6.03. The van der Waals surface area contributed by atoms with Crippen molar-refractivity contribution in [1.29, 1.82) is 0 Å². The molecule has 0 saturated carbocycles. The average molecular weight is 386 g/mol. The fourth-order valence-electron chi connectivity index (χ4n) is 4.20. The molecule has 0 aliphatic heterocycles.